The predicted octanol–water partition coefficient (Wildman–Crippen LogP) is 4.04. The van der Waals surface area contributed by atoms with Crippen LogP contribution in [0.2, 0.25) is 5.02 Å². The van der Waals surface area contributed by atoms with E-state index in [0.29, 0.717) is 16.4 Å². The molecule has 118 valence electrons. The van der Waals surface area contributed by atoms with Gasteiger partial charge in [-0.1, -0.05) is 41.9 Å². The summed E-state index contributed by atoms with van der Waals surface area (Å²) in [7, 11) is 0. The molecule has 2 aromatic carbocycles. The van der Waals surface area contributed by atoms with E-state index in [2.05, 4.69) is 10.6 Å². The molecule has 1 aliphatic carbocycles. The van der Waals surface area contributed by atoms with Crippen LogP contribution in [-0.2, 0) is 9.59 Å². The number of carbonyl (C=O) groups excluding carboxylic acids is 2. The average Bonchev–Trinajstić information content (AvgIpc) is 3.31. The minimum Gasteiger partial charge on any atom is -0.326 e. The number of anilines is 2. The number of nitrogens with one attached hydrogen (secondary N) is 2. The monoisotopic (exact) mass is 328 g/mol. The fourth-order valence-corrected chi connectivity index (χ4v) is 2.90. The van der Waals surface area contributed by atoms with Crippen molar-refractivity contribution < 1.29 is 9.59 Å². The van der Waals surface area contributed by atoms with E-state index < -0.39 is 0 Å². The highest BCUT2D eigenvalue weighted by molar-refractivity contribution is 6.34. The van der Waals surface area contributed by atoms with Crippen molar-refractivity contribution in [2.45, 2.75) is 19.3 Å². The van der Waals surface area contributed by atoms with Crippen molar-refractivity contribution in [1.29, 1.82) is 0 Å². The Bertz CT molecular complexity index is 746. The van der Waals surface area contributed by atoms with E-state index in [9.17, 15) is 9.59 Å². The molecule has 2 atom stereocenters. The standard InChI is InChI=1S/C18H17ClN2O2/c1-11(22)20-13-7-8-17(16(19)9-13)21-18(23)15-10-14(15)12-5-3-2-4-6-12/h2-9,14-15H,10H2,1H3,(H,20,22)(H,21,23)/t14-,15-/m1/s1. The maximum atomic E-state index is 12.3. The Hall–Kier alpha value is -2.33. The number of benzene rings is 2. The second-order valence-corrected chi connectivity index (χ2v) is 6.13. The molecule has 2 aromatic rings. The van der Waals surface area contributed by atoms with Crippen molar-refractivity contribution in [2.75, 3.05) is 10.6 Å². The van der Waals surface area contributed by atoms with Crippen LogP contribution in [0.5, 0.6) is 0 Å². The fourth-order valence-electron chi connectivity index (χ4n) is 2.68. The largest absolute Gasteiger partial charge is 0.326 e. The highest BCUT2D eigenvalue weighted by Crippen LogP contribution is 2.48. The lowest BCUT2D eigenvalue weighted by atomic mass is 10.1. The Kier molecular flexibility index (Phi) is 4.35. The molecule has 1 fully saturated rings. The van der Waals surface area contributed by atoms with Gasteiger partial charge in [0.1, 0.15) is 0 Å². The summed E-state index contributed by atoms with van der Waals surface area (Å²) < 4.78 is 0. The van der Waals surface area contributed by atoms with E-state index >= 15 is 0 Å². The highest BCUT2D eigenvalue weighted by atomic mass is 35.5. The molecular weight excluding hydrogens is 312 g/mol. The van der Waals surface area contributed by atoms with Gasteiger partial charge in [-0.2, -0.15) is 0 Å². The second kappa shape index (κ2) is 6.42. The van der Waals surface area contributed by atoms with E-state index in [1.54, 1.807) is 18.2 Å². The third-order valence-electron chi connectivity index (χ3n) is 3.90. The average molecular weight is 329 g/mol. The Labute approximate surface area is 139 Å². The summed E-state index contributed by atoms with van der Waals surface area (Å²) in [5.41, 5.74) is 2.36. The van der Waals surface area contributed by atoms with Crippen molar-refractivity contribution in [2.24, 2.45) is 5.92 Å². The molecule has 2 N–H and O–H groups in total. The summed E-state index contributed by atoms with van der Waals surface area (Å²) in [6, 6.07) is 15.1. The molecule has 2 amide bonds. The molecule has 0 bridgehead atoms. The van der Waals surface area contributed by atoms with E-state index in [1.807, 2.05) is 30.3 Å². The van der Waals surface area contributed by atoms with Crippen LogP contribution in [-0.4, -0.2) is 11.8 Å². The van der Waals surface area contributed by atoms with Gasteiger partial charge in [0, 0.05) is 18.5 Å². The summed E-state index contributed by atoms with van der Waals surface area (Å²) in [4.78, 5) is 23.4. The predicted molar refractivity (Wildman–Crippen MR) is 91.7 cm³/mol. The topological polar surface area (TPSA) is 58.2 Å². The summed E-state index contributed by atoms with van der Waals surface area (Å²) in [5.74, 6) is 0.0895. The molecule has 3 rings (SSSR count). The summed E-state index contributed by atoms with van der Waals surface area (Å²) in [6.45, 7) is 1.43. The van der Waals surface area contributed by atoms with E-state index in [0.717, 1.165) is 6.42 Å². The molecule has 4 nitrogen and oxygen atoms in total. The molecule has 0 radical (unpaired) electrons. The van der Waals surface area contributed by atoms with Crippen molar-refractivity contribution in [1.82, 2.24) is 0 Å². The van der Waals surface area contributed by atoms with Gasteiger partial charge in [-0.25, -0.2) is 0 Å². The SMILES string of the molecule is CC(=O)Nc1ccc(NC(=O)[C@@H]2C[C@@H]2c2ccccc2)c(Cl)c1. The third-order valence-corrected chi connectivity index (χ3v) is 4.21. The van der Waals surface area contributed by atoms with Gasteiger partial charge in [-0.3, -0.25) is 9.59 Å². The Balaban J connectivity index is 1.64. The lowest BCUT2D eigenvalue weighted by Crippen LogP contribution is -2.15. The second-order valence-electron chi connectivity index (χ2n) is 5.72. The smallest absolute Gasteiger partial charge is 0.228 e. The molecule has 1 saturated carbocycles. The molecule has 0 unspecified atom stereocenters. The number of carbonyl (C=O) groups is 2. The highest BCUT2D eigenvalue weighted by Gasteiger charge is 2.43. The van der Waals surface area contributed by atoms with E-state index in [-0.39, 0.29) is 23.7 Å². The van der Waals surface area contributed by atoms with E-state index in [1.165, 1.54) is 12.5 Å². The summed E-state index contributed by atoms with van der Waals surface area (Å²) in [5, 5.41) is 5.93. The third kappa shape index (κ3) is 3.71. The van der Waals surface area contributed by atoms with Crippen LogP contribution in [0.25, 0.3) is 0 Å². The van der Waals surface area contributed by atoms with Crippen molar-refractivity contribution in [3.8, 4) is 0 Å². The lowest BCUT2D eigenvalue weighted by Gasteiger charge is -2.09. The number of rotatable bonds is 4. The van der Waals surface area contributed by atoms with Crippen LogP contribution in [0, 0.1) is 5.92 Å². The Morgan fingerprint density at radius 1 is 1.09 bits per heavy atom. The van der Waals surface area contributed by atoms with Gasteiger partial charge in [-0.15, -0.1) is 0 Å². The quantitative estimate of drug-likeness (QED) is 0.889. The molecule has 0 spiro atoms. The van der Waals surface area contributed by atoms with Crippen LogP contribution in [0.3, 0.4) is 0 Å². The van der Waals surface area contributed by atoms with Gasteiger partial charge >= 0.3 is 0 Å². The summed E-state index contributed by atoms with van der Waals surface area (Å²) in [6.07, 6.45) is 0.859. The van der Waals surface area contributed by atoms with Crippen LogP contribution in [0.15, 0.2) is 48.5 Å². The number of halogens is 1. The summed E-state index contributed by atoms with van der Waals surface area (Å²) >= 11 is 6.17. The molecule has 23 heavy (non-hydrogen) atoms. The Morgan fingerprint density at radius 3 is 2.48 bits per heavy atom. The van der Waals surface area contributed by atoms with E-state index in [4.69, 9.17) is 11.6 Å². The lowest BCUT2D eigenvalue weighted by molar-refractivity contribution is -0.117. The van der Waals surface area contributed by atoms with Gasteiger partial charge in [0.25, 0.3) is 0 Å². The van der Waals surface area contributed by atoms with Crippen molar-refractivity contribution >= 4 is 34.8 Å². The van der Waals surface area contributed by atoms with Gasteiger partial charge in [0.05, 0.1) is 10.7 Å². The molecule has 0 heterocycles. The molecule has 1 aliphatic rings. The first-order chi connectivity index (χ1) is 11.0. The minimum absolute atomic E-state index is 0.0107. The first-order valence-electron chi connectivity index (χ1n) is 7.47. The van der Waals surface area contributed by atoms with Gasteiger partial charge in [0.2, 0.25) is 11.8 Å². The molecular formula is C18H17ClN2O2. The molecule has 0 aliphatic heterocycles. The van der Waals surface area contributed by atoms with Crippen LogP contribution < -0.4 is 10.6 Å². The maximum absolute atomic E-state index is 12.3. The molecule has 0 aromatic heterocycles. The van der Waals surface area contributed by atoms with Gasteiger partial charge in [-0.05, 0) is 36.1 Å². The van der Waals surface area contributed by atoms with Gasteiger partial charge in [0.15, 0.2) is 0 Å². The van der Waals surface area contributed by atoms with Gasteiger partial charge < -0.3 is 10.6 Å². The van der Waals surface area contributed by atoms with Crippen molar-refractivity contribution in [3.05, 3.63) is 59.1 Å². The Morgan fingerprint density at radius 2 is 1.83 bits per heavy atom. The normalized spacial score (nSPS) is 19.0. The first kappa shape index (κ1) is 15.6. The molecule has 0 saturated heterocycles. The zero-order valence-corrected chi connectivity index (χ0v) is 13.4. The number of amides is 2. The first-order valence-corrected chi connectivity index (χ1v) is 7.85. The van der Waals surface area contributed by atoms with Crippen LogP contribution in [0.1, 0.15) is 24.8 Å². The number of hydrogen-bond acceptors (Lipinski definition) is 2. The number of hydrogen-bond donors (Lipinski definition) is 2. The van der Waals surface area contributed by atoms with Crippen molar-refractivity contribution in [3.63, 3.8) is 0 Å². The zero-order valence-electron chi connectivity index (χ0n) is 12.7. The van der Waals surface area contributed by atoms with Crippen LogP contribution >= 0.6 is 11.6 Å². The van der Waals surface area contributed by atoms with Crippen LogP contribution in [0.4, 0.5) is 11.4 Å². The minimum atomic E-state index is -0.165. The maximum Gasteiger partial charge on any atom is 0.228 e. The molecule has 5 heteroatoms. The zero-order chi connectivity index (χ0) is 16.4. The fraction of sp³-hybridized carbons (Fsp3) is 0.222.